The maximum absolute atomic E-state index is 14.3. The van der Waals surface area contributed by atoms with E-state index in [4.69, 9.17) is 0 Å². The first-order chi connectivity index (χ1) is 17.8. The van der Waals surface area contributed by atoms with E-state index >= 15 is 0 Å². The van der Waals surface area contributed by atoms with Crippen molar-refractivity contribution in [3.05, 3.63) is 100 Å². The minimum Gasteiger partial charge on any atom is -0.353 e. The molecular weight excluding hydrogens is 465 g/mol. The number of benzene rings is 3. The largest absolute Gasteiger partial charge is 0.353 e. The van der Waals surface area contributed by atoms with Gasteiger partial charge in [-0.15, -0.1) is 5.10 Å². The molecule has 4 rings (SSSR count). The molecule has 1 heterocycles. The van der Waals surface area contributed by atoms with Crippen molar-refractivity contribution in [2.45, 2.75) is 41.0 Å². The number of ketones is 1. The fraction of sp³-hybridized carbons (Fsp3) is 0.300. The summed E-state index contributed by atoms with van der Waals surface area (Å²) in [6.07, 6.45) is 2.75. The van der Waals surface area contributed by atoms with Crippen LogP contribution in [0.15, 0.2) is 60.8 Å². The average molecular weight is 500 g/mol. The van der Waals surface area contributed by atoms with Gasteiger partial charge in [-0.3, -0.25) is 4.79 Å². The lowest BCUT2D eigenvalue weighted by molar-refractivity contribution is 0.103. The molecule has 4 aromatic rings. The molecule has 0 atom stereocenters. The number of aryl methyl sites for hydroxylation is 3. The van der Waals surface area contributed by atoms with Crippen LogP contribution in [0.3, 0.4) is 0 Å². The van der Waals surface area contributed by atoms with Crippen molar-refractivity contribution < 1.29 is 9.18 Å². The van der Waals surface area contributed by atoms with Crippen LogP contribution in [0, 0.1) is 26.6 Å². The molecule has 3 aromatic carbocycles. The normalized spacial score (nSPS) is 11.2. The second-order valence-corrected chi connectivity index (χ2v) is 9.40. The van der Waals surface area contributed by atoms with Crippen LogP contribution in [-0.4, -0.2) is 45.3 Å². The Bertz CT molecular complexity index is 1410. The van der Waals surface area contributed by atoms with Gasteiger partial charge in [0.2, 0.25) is 0 Å². The van der Waals surface area contributed by atoms with E-state index in [1.54, 1.807) is 22.9 Å². The second-order valence-electron chi connectivity index (χ2n) is 9.40. The van der Waals surface area contributed by atoms with Gasteiger partial charge in [0.1, 0.15) is 5.82 Å². The molecule has 1 N–H and O–H groups in total. The Labute approximate surface area is 218 Å². The molecule has 0 aliphatic heterocycles. The van der Waals surface area contributed by atoms with Gasteiger partial charge in [0.05, 0.1) is 23.3 Å². The fourth-order valence-corrected chi connectivity index (χ4v) is 4.37. The van der Waals surface area contributed by atoms with Crippen LogP contribution in [-0.2, 0) is 6.42 Å². The van der Waals surface area contributed by atoms with Gasteiger partial charge in [0.25, 0.3) is 0 Å². The molecule has 0 aliphatic rings. The Hall–Kier alpha value is -3.84. The highest BCUT2D eigenvalue weighted by molar-refractivity contribution is 6.11. The zero-order valence-electron chi connectivity index (χ0n) is 22.2. The third kappa shape index (κ3) is 6.12. The van der Waals surface area contributed by atoms with Crippen LogP contribution >= 0.6 is 0 Å². The van der Waals surface area contributed by atoms with Crippen LogP contribution in [0.4, 0.5) is 15.8 Å². The van der Waals surface area contributed by atoms with Gasteiger partial charge in [0.15, 0.2) is 5.78 Å². The molecule has 7 heteroatoms. The van der Waals surface area contributed by atoms with Crippen LogP contribution in [0.5, 0.6) is 0 Å². The molecule has 0 amide bonds. The molecule has 192 valence electrons. The van der Waals surface area contributed by atoms with Crippen LogP contribution in [0.2, 0.25) is 0 Å². The van der Waals surface area contributed by atoms with E-state index in [1.165, 1.54) is 6.07 Å². The van der Waals surface area contributed by atoms with Crippen molar-refractivity contribution in [1.29, 1.82) is 0 Å². The summed E-state index contributed by atoms with van der Waals surface area (Å²) in [5.74, 6) is -0.374. The predicted molar refractivity (Wildman–Crippen MR) is 147 cm³/mol. The molecule has 0 spiro atoms. The summed E-state index contributed by atoms with van der Waals surface area (Å²) >= 11 is 0. The van der Waals surface area contributed by atoms with Gasteiger partial charge in [-0.1, -0.05) is 31.2 Å². The molecule has 0 saturated carbocycles. The van der Waals surface area contributed by atoms with E-state index in [1.807, 2.05) is 57.3 Å². The third-order valence-corrected chi connectivity index (χ3v) is 6.72. The lowest BCUT2D eigenvalue weighted by Crippen LogP contribution is -2.25. The number of aromatic nitrogens is 3. The molecule has 0 unspecified atom stereocenters. The highest BCUT2D eigenvalue weighted by atomic mass is 19.1. The van der Waals surface area contributed by atoms with E-state index in [2.05, 4.69) is 34.4 Å². The third-order valence-electron chi connectivity index (χ3n) is 6.72. The second kappa shape index (κ2) is 11.5. The minimum absolute atomic E-state index is 0.0632. The minimum atomic E-state index is -0.311. The van der Waals surface area contributed by atoms with Crippen LogP contribution in [0.1, 0.15) is 52.2 Å². The molecule has 0 bridgehead atoms. The zero-order chi connectivity index (χ0) is 26.5. The first-order valence-corrected chi connectivity index (χ1v) is 12.7. The number of anilines is 2. The molecule has 0 radical (unpaired) electrons. The Morgan fingerprint density at radius 3 is 2.43 bits per heavy atom. The van der Waals surface area contributed by atoms with E-state index in [0.717, 1.165) is 59.8 Å². The predicted octanol–water partition coefficient (Wildman–Crippen LogP) is 6.19. The summed E-state index contributed by atoms with van der Waals surface area (Å²) < 4.78 is 16.0. The fourth-order valence-electron chi connectivity index (χ4n) is 4.37. The van der Waals surface area contributed by atoms with E-state index in [9.17, 15) is 9.18 Å². The number of carbonyl (C=O) groups is 1. The first-order valence-electron chi connectivity index (χ1n) is 12.7. The van der Waals surface area contributed by atoms with E-state index in [0.29, 0.717) is 16.8 Å². The summed E-state index contributed by atoms with van der Waals surface area (Å²) in [6.45, 7) is 12.9. The monoisotopic (exact) mass is 499 g/mol. The lowest BCUT2D eigenvalue weighted by Gasteiger charge is -2.16. The number of nitrogens with zero attached hydrogens (tertiary/aromatic N) is 4. The molecule has 1 aromatic heterocycles. The number of nitrogens with one attached hydrogen (secondary N) is 1. The van der Waals surface area contributed by atoms with Gasteiger partial charge in [-0.05, 0) is 93.0 Å². The van der Waals surface area contributed by atoms with E-state index < -0.39 is 0 Å². The van der Waals surface area contributed by atoms with E-state index in [-0.39, 0.29) is 11.6 Å². The van der Waals surface area contributed by atoms with Crippen molar-refractivity contribution >= 4 is 17.2 Å². The van der Waals surface area contributed by atoms with Crippen molar-refractivity contribution in [2.75, 3.05) is 25.0 Å². The van der Waals surface area contributed by atoms with Gasteiger partial charge in [-0.2, -0.15) is 0 Å². The van der Waals surface area contributed by atoms with Gasteiger partial charge in [-0.25, -0.2) is 9.07 Å². The van der Waals surface area contributed by atoms with Crippen molar-refractivity contribution in [3.8, 4) is 5.69 Å². The van der Waals surface area contributed by atoms with Crippen LogP contribution in [0.25, 0.3) is 5.69 Å². The Morgan fingerprint density at radius 1 is 0.946 bits per heavy atom. The number of halogens is 1. The van der Waals surface area contributed by atoms with Crippen molar-refractivity contribution in [3.63, 3.8) is 0 Å². The standard InChI is InChI=1S/C30H34FN5O/c1-6-35(7-2)15-14-24-19-36(34-33-24)25-11-9-21(4)27(18-25)30(37)26-12-10-23(17-22(26)5)32-29-13-8-20(3)16-28(29)31/h8-13,16-19,32H,6-7,14-15H2,1-5H3. The average Bonchev–Trinajstić information content (AvgIpc) is 3.35. The summed E-state index contributed by atoms with van der Waals surface area (Å²) in [5, 5.41) is 11.7. The van der Waals surface area contributed by atoms with Gasteiger partial charge >= 0.3 is 0 Å². The lowest BCUT2D eigenvalue weighted by atomic mass is 9.95. The molecule has 0 fully saturated rings. The van der Waals surface area contributed by atoms with Gasteiger partial charge < -0.3 is 10.2 Å². The van der Waals surface area contributed by atoms with Crippen LogP contribution < -0.4 is 5.32 Å². The van der Waals surface area contributed by atoms with Gasteiger partial charge in [0, 0.05) is 29.8 Å². The Kier molecular flexibility index (Phi) is 8.14. The number of carbonyl (C=O) groups excluding carboxylic acids is 1. The number of rotatable bonds is 10. The SMILES string of the molecule is CCN(CC)CCc1cn(-c2ccc(C)c(C(=O)c3ccc(Nc4ccc(C)cc4F)cc3C)c2)nn1. The van der Waals surface area contributed by atoms with Crippen molar-refractivity contribution in [1.82, 2.24) is 19.9 Å². The zero-order valence-corrected chi connectivity index (χ0v) is 22.2. The summed E-state index contributed by atoms with van der Waals surface area (Å²) in [5.41, 5.74) is 6.62. The summed E-state index contributed by atoms with van der Waals surface area (Å²) in [6, 6.07) is 16.3. The molecular formula is C30H34FN5O. The maximum Gasteiger partial charge on any atom is 0.193 e. The smallest absolute Gasteiger partial charge is 0.193 e. The maximum atomic E-state index is 14.3. The number of hydrogen-bond acceptors (Lipinski definition) is 5. The highest BCUT2D eigenvalue weighted by Crippen LogP contribution is 2.25. The highest BCUT2D eigenvalue weighted by Gasteiger charge is 2.17. The molecule has 0 saturated heterocycles. The molecule has 37 heavy (non-hydrogen) atoms. The molecule has 6 nitrogen and oxygen atoms in total. The van der Waals surface area contributed by atoms with Crippen molar-refractivity contribution in [2.24, 2.45) is 0 Å². The quantitative estimate of drug-likeness (QED) is 0.264. The Balaban J connectivity index is 1.54. The topological polar surface area (TPSA) is 63.1 Å². The number of hydrogen-bond donors (Lipinski definition) is 1. The summed E-state index contributed by atoms with van der Waals surface area (Å²) in [4.78, 5) is 15.9. The Morgan fingerprint density at radius 2 is 1.73 bits per heavy atom. The number of likely N-dealkylation sites (N-methyl/N-ethyl adjacent to an activating group) is 1. The first kappa shape index (κ1) is 26.2. The summed E-state index contributed by atoms with van der Waals surface area (Å²) in [7, 11) is 0. The molecule has 0 aliphatic carbocycles.